The van der Waals surface area contributed by atoms with Gasteiger partial charge in [-0.25, -0.2) is 0 Å². The van der Waals surface area contributed by atoms with Gasteiger partial charge in [0.05, 0.1) is 17.7 Å². The van der Waals surface area contributed by atoms with E-state index in [0.29, 0.717) is 27.8 Å². The molecule has 0 aromatic heterocycles. The number of hydrogen-bond donors (Lipinski definition) is 0. The Balaban J connectivity index is 2.32. The third-order valence-electron chi connectivity index (χ3n) is 2.37. The van der Waals surface area contributed by atoms with Gasteiger partial charge in [-0.2, -0.15) is 5.26 Å². The first kappa shape index (κ1) is 12.3. The molecule has 0 bridgehead atoms. The lowest BCUT2D eigenvalue weighted by atomic mass is 10.2. The maximum Gasteiger partial charge on any atom is 0.146 e. The van der Waals surface area contributed by atoms with Crippen LogP contribution in [0.5, 0.6) is 17.2 Å². The summed E-state index contributed by atoms with van der Waals surface area (Å²) in [4.78, 5) is 0. The lowest BCUT2D eigenvalue weighted by Crippen LogP contribution is -1.89. The van der Waals surface area contributed by atoms with Gasteiger partial charge in [-0.05, 0) is 24.3 Å². The standard InChI is InChI=1S/C14H10ClNO2/c1-17-11-6-7-14(12(15)8-11)18-13-5-3-2-4-10(13)9-16/h2-8H,1H3. The highest BCUT2D eigenvalue weighted by atomic mass is 35.5. The van der Waals surface area contributed by atoms with Crippen LogP contribution in [0.25, 0.3) is 0 Å². The number of methoxy groups -OCH3 is 1. The van der Waals surface area contributed by atoms with E-state index in [4.69, 9.17) is 26.3 Å². The van der Waals surface area contributed by atoms with Gasteiger partial charge in [0.1, 0.15) is 23.3 Å². The normalized spacial score (nSPS) is 9.61. The fourth-order valence-corrected chi connectivity index (χ4v) is 1.67. The summed E-state index contributed by atoms with van der Waals surface area (Å²) < 4.78 is 10.7. The van der Waals surface area contributed by atoms with Crippen LogP contribution < -0.4 is 9.47 Å². The second-order valence-electron chi connectivity index (χ2n) is 3.51. The topological polar surface area (TPSA) is 42.2 Å². The van der Waals surface area contributed by atoms with E-state index in [1.165, 1.54) is 0 Å². The van der Waals surface area contributed by atoms with Crippen molar-refractivity contribution in [1.82, 2.24) is 0 Å². The van der Waals surface area contributed by atoms with E-state index in [0.717, 1.165) is 0 Å². The number of nitriles is 1. The molecule has 0 N–H and O–H groups in total. The Morgan fingerprint density at radius 2 is 1.89 bits per heavy atom. The second kappa shape index (κ2) is 5.44. The average Bonchev–Trinajstić information content (AvgIpc) is 2.41. The average molecular weight is 260 g/mol. The number of ether oxygens (including phenoxy) is 2. The van der Waals surface area contributed by atoms with Crippen molar-refractivity contribution in [2.75, 3.05) is 7.11 Å². The Morgan fingerprint density at radius 3 is 2.56 bits per heavy atom. The summed E-state index contributed by atoms with van der Waals surface area (Å²) >= 11 is 6.07. The molecule has 0 aliphatic heterocycles. The van der Waals surface area contributed by atoms with Gasteiger partial charge in [0.25, 0.3) is 0 Å². The van der Waals surface area contributed by atoms with Crippen LogP contribution in [-0.2, 0) is 0 Å². The van der Waals surface area contributed by atoms with Crippen molar-refractivity contribution >= 4 is 11.6 Å². The van der Waals surface area contributed by atoms with Crippen LogP contribution in [0.1, 0.15) is 5.56 Å². The molecule has 0 unspecified atom stereocenters. The molecule has 2 aromatic rings. The molecule has 0 saturated carbocycles. The minimum atomic E-state index is 0.432. The Kier molecular flexibility index (Phi) is 3.71. The summed E-state index contributed by atoms with van der Waals surface area (Å²) in [6, 6.07) is 14.2. The van der Waals surface area contributed by atoms with Gasteiger partial charge in [-0.1, -0.05) is 23.7 Å². The molecule has 0 atom stereocenters. The van der Waals surface area contributed by atoms with Gasteiger partial charge in [0.15, 0.2) is 0 Å². The summed E-state index contributed by atoms with van der Waals surface area (Å²) in [5, 5.41) is 9.40. The predicted octanol–water partition coefficient (Wildman–Crippen LogP) is 4.01. The highest BCUT2D eigenvalue weighted by Crippen LogP contribution is 2.33. The van der Waals surface area contributed by atoms with E-state index in [2.05, 4.69) is 6.07 Å². The third kappa shape index (κ3) is 2.55. The van der Waals surface area contributed by atoms with E-state index in [9.17, 15) is 0 Å². The molecule has 0 heterocycles. The van der Waals surface area contributed by atoms with E-state index < -0.39 is 0 Å². The van der Waals surface area contributed by atoms with Crippen molar-refractivity contribution in [1.29, 1.82) is 5.26 Å². The number of benzene rings is 2. The Hall–Kier alpha value is -2.18. The molecule has 3 nitrogen and oxygen atoms in total. The van der Waals surface area contributed by atoms with Crippen LogP contribution in [-0.4, -0.2) is 7.11 Å². The van der Waals surface area contributed by atoms with Crippen LogP contribution in [0.3, 0.4) is 0 Å². The van der Waals surface area contributed by atoms with E-state index >= 15 is 0 Å². The van der Waals surface area contributed by atoms with Crippen molar-refractivity contribution in [3.05, 3.63) is 53.1 Å². The number of rotatable bonds is 3. The molecule has 2 aromatic carbocycles. The van der Waals surface area contributed by atoms with Crippen molar-refractivity contribution in [3.8, 4) is 23.3 Å². The zero-order valence-electron chi connectivity index (χ0n) is 9.68. The zero-order valence-corrected chi connectivity index (χ0v) is 10.4. The van der Waals surface area contributed by atoms with Crippen LogP contribution in [0.2, 0.25) is 5.02 Å². The van der Waals surface area contributed by atoms with Crippen LogP contribution in [0, 0.1) is 11.3 Å². The summed E-state index contributed by atoms with van der Waals surface area (Å²) in [5.41, 5.74) is 0.462. The summed E-state index contributed by atoms with van der Waals surface area (Å²) in [5.74, 6) is 1.62. The van der Waals surface area contributed by atoms with E-state index in [1.54, 1.807) is 49.6 Å². The van der Waals surface area contributed by atoms with Gasteiger partial charge >= 0.3 is 0 Å². The zero-order chi connectivity index (χ0) is 13.0. The third-order valence-corrected chi connectivity index (χ3v) is 2.66. The number of para-hydroxylation sites is 1. The molecule has 18 heavy (non-hydrogen) atoms. The number of hydrogen-bond acceptors (Lipinski definition) is 3. The first-order valence-corrected chi connectivity index (χ1v) is 5.63. The Morgan fingerprint density at radius 1 is 1.11 bits per heavy atom. The monoisotopic (exact) mass is 259 g/mol. The molecule has 0 aliphatic rings. The molecule has 90 valence electrons. The van der Waals surface area contributed by atoms with Crippen molar-refractivity contribution in [3.63, 3.8) is 0 Å². The quantitative estimate of drug-likeness (QED) is 0.836. The van der Waals surface area contributed by atoms with Gasteiger partial charge in [0.2, 0.25) is 0 Å². The molecule has 0 radical (unpaired) electrons. The van der Waals surface area contributed by atoms with Gasteiger partial charge < -0.3 is 9.47 Å². The van der Waals surface area contributed by atoms with Crippen LogP contribution >= 0.6 is 11.6 Å². The molecule has 0 saturated heterocycles. The summed E-state index contributed by atoms with van der Waals surface area (Å²) in [7, 11) is 1.57. The highest BCUT2D eigenvalue weighted by molar-refractivity contribution is 6.32. The van der Waals surface area contributed by atoms with Crippen molar-refractivity contribution in [2.45, 2.75) is 0 Å². The van der Waals surface area contributed by atoms with Crippen molar-refractivity contribution in [2.24, 2.45) is 0 Å². The first-order valence-electron chi connectivity index (χ1n) is 5.25. The van der Waals surface area contributed by atoms with Gasteiger partial charge in [-0.3, -0.25) is 0 Å². The van der Waals surface area contributed by atoms with E-state index in [-0.39, 0.29) is 0 Å². The predicted molar refractivity (Wildman–Crippen MR) is 69.2 cm³/mol. The molecule has 0 aliphatic carbocycles. The fourth-order valence-electron chi connectivity index (χ4n) is 1.46. The lowest BCUT2D eigenvalue weighted by Gasteiger charge is -2.09. The maximum absolute atomic E-state index is 8.96. The number of nitrogens with zero attached hydrogens (tertiary/aromatic N) is 1. The van der Waals surface area contributed by atoms with Gasteiger partial charge in [0, 0.05) is 6.07 Å². The molecular weight excluding hydrogens is 250 g/mol. The minimum Gasteiger partial charge on any atom is -0.497 e. The number of halogens is 1. The summed E-state index contributed by atoms with van der Waals surface area (Å²) in [6.45, 7) is 0. The fraction of sp³-hybridized carbons (Fsp3) is 0.0714. The molecule has 0 spiro atoms. The van der Waals surface area contributed by atoms with Crippen LogP contribution in [0.4, 0.5) is 0 Å². The largest absolute Gasteiger partial charge is 0.497 e. The Bertz CT molecular complexity index is 605. The smallest absolute Gasteiger partial charge is 0.146 e. The maximum atomic E-state index is 8.96. The molecule has 0 amide bonds. The Labute approximate surface area is 110 Å². The molecule has 4 heteroatoms. The molecule has 0 fully saturated rings. The van der Waals surface area contributed by atoms with Crippen LogP contribution in [0.15, 0.2) is 42.5 Å². The van der Waals surface area contributed by atoms with E-state index in [1.807, 2.05) is 0 Å². The summed E-state index contributed by atoms with van der Waals surface area (Å²) in [6.07, 6.45) is 0. The minimum absolute atomic E-state index is 0.432. The lowest BCUT2D eigenvalue weighted by molar-refractivity contribution is 0.413. The molecule has 2 rings (SSSR count). The van der Waals surface area contributed by atoms with Crippen molar-refractivity contribution < 1.29 is 9.47 Å². The van der Waals surface area contributed by atoms with Gasteiger partial charge in [-0.15, -0.1) is 0 Å². The highest BCUT2D eigenvalue weighted by Gasteiger charge is 2.07. The SMILES string of the molecule is COc1ccc(Oc2ccccc2C#N)c(Cl)c1. The molecular formula is C14H10ClNO2. The first-order chi connectivity index (χ1) is 8.74. The second-order valence-corrected chi connectivity index (χ2v) is 3.91.